The summed E-state index contributed by atoms with van der Waals surface area (Å²) in [5.41, 5.74) is 6.96. The SMILES string of the molecule is Cc1cc(Br)c(N=C(N/N=C/c2ccc([N+](=O)[O-])cc2)c2ccc3ccccc3n2)c(Br)c1. The number of halogens is 2. The van der Waals surface area contributed by atoms with Crippen LogP contribution in [0.25, 0.3) is 10.9 Å². The van der Waals surface area contributed by atoms with E-state index in [0.717, 1.165) is 25.4 Å². The molecule has 4 rings (SSSR count). The number of aromatic nitrogens is 1. The fourth-order valence-electron chi connectivity index (χ4n) is 3.10. The van der Waals surface area contributed by atoms with Crippen LogP contribution in [0.2, 0.25) is 0 Å². The highest BCUT2D eigenvalue weighted by atomic mass is 79.9. The average molecular weight is 567 g/mol. The molecule has 1 heterocycles. The Labute approximate surface area is 206 Å². The van der Waals surface area contributed by atoms with Crippen molar-refractivity contribution in [2.24, 2.45) is 10.1 Å². The van der Waals surface area contributed by atoms with Gasteiger partial charge in [0.1, 0.15) is 5.69 Å². The van der Waals surface area contributed by atoms with Gasteiger partial charge in [0, 0.05) is 26.5 Å². The minimum absolute atomic E-state index is 0.0248. The first-order valence-corrected chi connectivity index (χ1v) is 11.4. The molecule has 1 aromatic heterocycles. The van der Waals surface area contributed by atoms with Gasteiger partial charge in [0.15, 0.2) is 5.84 Å². The molecular weight excluding hydrogens is 550 g/mol. The highest BCUT2D eigenvalue weighted by Crippen LogP contribution is 2.35. The highest BCUT2D eigenvalue weighted by molar-refractivity contribution is 9.11. The molecule has 0 saturated carbocycles. The van der Waals surface area contributed by atoms with Gasteiger partial charge in [-0.1, -0.05) is 24.3 Å². The van der Waals surface area contributed by atoms with Gasteiger partial charge in [0.25, 0.3) is 5.69 Å². The summed E-state index contributed by atoms with van der Waals surface area (Å²) in [6.07, 6.45) is 1.57. The molecular formula is C24H17Br2N5O2. The van der Waals surface area contributed by atoms with Gasteiger partial charge in [0.05, 0.1) is 22.3 Å². The smallest absolute Gasteiger partial charge is 0.260 e. The van der Waals surface area contributed by atoms with Crippen molar-refractivity contribution < 1.29 is 4.92 Å². The standard InChI is InChI=1S/C24H17Br2N5O2/c1-15-12-19(25)23(20(26)13-15)29-24(22-11-8-17-4-2-3-5-21(17)28-22)30-27-14-16-6-9-18(10-7-16)31(32)33/h2-14H,1H3,(H,29,30)/b27-14+. The Bertz CT molecular complexity index is 1380. The molecule has 164 valence electrons. The maximum absolute atomic E-state index is 10.8. The highest BCUT2D eigenvalue weighted by Gasteiger charge is 2.11. The third-order valence-corrected chi connectivity index (χ3v) is 5.92. The monoisotopic (exact) mass is 565 g/mol. The molecule has 0 fully saturated rings. The molecule has 0 atom stereocenters. The zero-order valence-corrected chi connectivity index (χ0v) is 20.5. The van der Waals surface area contributed by atoms with Gasteiger partial charge >= 0.3 is 0 Å². The number of hydrazone groups is 1. The Morgan fingerprint density at radius 3 is 2.42 bits per heavy atom. The number of nitrogens with one attached hydrogen (secondary N) is 1. The van der Waals surface area contributed by atoms with Crippen molar-refractivity contribution in [2.75, 3.05) is 0 Å². The summed E-state index contributed by atoms with van der Waals surface area (Å²) in [6.45, 7) is 2.00. The van der Waals surface area contributed by atoms with E-state index in [1.807, 2.05) is 55.5 Å². The predicted molar refractivity (Wildman–Crippen MR) is 138 cm³/mol. The number of nitro benzene ring substituents is 1. The van der Waals surface area contributed by atoms with Crippen LogP contribution in [0.3, 0.4) is 0 Å². The van der Waals surface area contributed by atoms with Crippen LogP contribution in [-0.2, 0) is 0 Å². The lowest BCUT2D eigenvalue weighted by atomic mass is 10.2. The Morgan fingerprint density at radius 1 is 1.03 bits per heavy atom. The second kappa shape index (κ2) is 10.0. The second-order valence-corrected chi connectivity index (χ2v) is 8.85. The molecule has 0 bridgehead atoms. The van der Waals surface area contributed by atoms with Gasteiger partial charge in [-0.15, -0.1) is 0 Å². The molecule has 1 N–H and O–H groups in total. The number of rotatable bonds is 5. The molecule has 0 unspecified atom stereocenters. The fourth-order valence-corrected chi connectivity index (χ4v) is 4.69. The summed E-state index contributed by atoms with van der Waals surface area (Å²) in [7, 11) is 0. The fraction of sp³-hybridized carbons (Fsp3) is 0.0417. The molecule has 0 aliphatic rings. The van der Waals surface area contributed by atoms with Gasteiger partial charge in [0.2, 0.25) is 0 Å². The van der Waals surface area contributed by atoms with Gasteiger partial charge in [-0.25, -0.2) is 9.98 Å². The quantitative estimate of drug-likeness (QED) is 0.126. The van der Waals surface area contributed by atoms with Crippen molar-refractivity contribution in [3.8, 4) is 0 Å². The number of fused-ring (bicyclic) bond motifs is 1. The van der Waals surface area contributed by atoms with Crippen LogP contribution in [0, 0.1) is 17.0 Å². The molecule has 3 aromatic carbocycles. The lowest BCUT2D eigenvalue weighted by Gasteiger charge is -2.10. The van der Waals surface area contributed by atoms with Crippen LogP contribution in [0.1, 0.15) is 16.8 Å². The molecule has 9 heteroatoms. The van der Waals surface area contributed by atoms with E-state index < -0.39 is 4.92 Å². The lowest BCUT2D eigenvalue weighted by Crippen LogP contribution is -2.20. The zero-order valence-electron chi connectivity index (χ0n) is 17.4. The minimum Gasteiger partial charge on any atom is -0.260 e. The molecule has 0 spiro atoms. The van der Waals surface area contributed by atoms with Crippen LogP contribution in [0.4, 0.5) is 11.4 Å². The largest absolute Gasteiger partial charge is 0.269 e. The molecule has 0 saturated heterocycles. The maximum Gasteiger partial charge on any atom is 0.269 e. The number of aliphatic imine (C=N–C) groups is 1. The van der Waals surface area contributed by atoms with Crippen LogP contribution in [0.5, 0.6) is 0 Å². The normalized spacial score (nSPS) is 11.8. The number of hydrogen-bond donors (Lipinski definition) is 1. The summed E-state index contributed by atoms with van der Waals surface area (Å²) < 4.78 is 1.66. The van der Waals surface area contributed by atoms with Gasteiger partial charge < -0.3 is 0 Å². The topological polar surface area (TPSA) is 92.8 Å². The lowest BCUT2D eigenvalue weighted by molar-refractivity contribution is -0.384. The molecule has 33 heavy (non-hydrogen) atoms. The molecule has 0 radical (unpaired) electrons. The first-order chi connectivity index (χ1) is 15.9. The van der Waals surface area contributed by atoms with Gasteiger partial charge in [-0.3, -0.25) is 15.5 Å². The van der Waals surface area contributed by atoms with Crippen LogP contribution >= 0.6 is 31.9 Å². The van der Waals surface area contributed by atoms with E-state index in [9.17, 15) is 10.1 Å². The van der Waals surface area contributed by atoms with Crippen molar-refractivity contribution in [1.82, 2.24) is 10.4 Å². The molecule has 0 aliphatic carbocycles. The average Bonchev–Trinajstić information content (AvgIpc) is 2.80. The number of hydrogen-bond acceptors (Lipinski definition) is 5. The van der Waals surface area contributed by atoms with Crippen LogP contribution in [-0.4, -0.2) is 22.0 Å². The molecule has 0 amide bonds. The van der Waals surface area contributed by atoms with Crippen molar-refractivity contribution in [3.63, 3.8) is 0 Å². The summed E-state index contributed by atoms with van der Waals surface area (Å²) in [4.78, 5) is 19.9. The first kappa shape index (κ1) is 22.8. The summed E-state index contributed by atoms with van der Waals surface area (Å²) in [6, 6.07) is 21.8. The number of non-ortho nitro benzene ring substituents is 1. The van der Waals surface area contributed by atoms with Gasteiger partial charge in [-0.2, -0.15) is 5.10 Å². The predicted octanol–water partition coefficient (Wildman–Crippen LogP) is 6.68. The third kappa shape index (κ3) is 5.50. The summed E-state index contributed by atoms with van der Waals surface area (Å²) in [5.74, 6) is 0.448. The third-order valence-electron chi connectivity index (χ3n) is 4.71. The zero-order chi connectivity index (χ0) is 23.4. The number of aryl methyl sites for hydroxylation is 1. The van der Waals surface area contributed by atoms with E-state index in [2.05, 4.69) is 42.4 Å². The number of amidine groups is 1. The van der Waals surface area contributed by atoms with E-state index in [-0.39, 0.29) is 5.69 Å². The number of nitro groups is 1. The molecule has 4 aromatic rings. The minimum atomic E-state index is -0.438. The van der Waals surface area contributed by atoms with Crippen LogP contribution < -0.4 is 5.43 Å². The van der Waals surface area contributed by atoms with Gasteiger partial charge in [-0.05, 0) is 86.3 Å². The van der Waals surface area contributed by atoms with Crippen molar-refractivity contribution >= 4 is 66.2 Å². The van der Waals surface area contributed by atoms with Crippen molar-refractivity contribution in [3.05, 3.63) is 109 Å². The second-order valence-electron chi connectivity index (χ2n) is 7.15. The van der Waals surface area contributed by atoms with E-state index in [1.165, 1.54) is 12.1 Å². The number of pyridine rings is 1. The molecule has 7 nitrogen and oxygen atoms in total. The number of benzene rings is 3. The summed E-state index contributed by atoms with van der Waals surface area (Å²) >= 11 is 7.17. The maximum atomic E-state index is 10.8. The Kier molecular flexibility index (Phi) is 6.90. The Balaban J connectivity index is 1.71. The Hall–Kier alpha value is -3.43. The summed E-state index contributed by atoms with van der Waals surface area (Å²) in [5, 5.41) is 16.2. The van der Waals surface area contributed by atoms with Crippen molar-refractivity contribution in [2.45, 2.75) is 6.92 Å². The van der Waals surface area contributed by atoms with E-state index in [4.69, 9.17) is 9.98 Å². The first-order valence-electron chi connectivity index (χ1n) is 9.85. The van der Waals surface area contributed by atoms with E-state index in [0.29, 0.717) is 22.8 Å². The Morgan fingerprint density at radius 2 is 1.73 bits per heavy atom. The molecule has 0 aliphatic heterocycles. The van der Waals surface area contributed by atoms with E-state index >= 15 is 0 Å². The van der Waals surface area contributed by atoms with E-state index in [1.54, 1.807) is 18.3 Å². The number of para-hydroxylation sites is 1. The van der Waals surface area contributed by atoms with Crippen LogP contribution in [0.15, 0.2) is 91.8 Å². The number of nitrogens with zero attached hydrogens (tertiary/aromatic N) is 4. The van der Waals surface area contributed by atoms with Crippen molar-refractivity contribution in [1.29, 1.82) is 0 Å².